The molecule has 0 fully saturated rings. The van der Waals surface area contributed by atoms with E-state index >= 15 is 0 Å². The molecule has 0 radical (unpaired) electrons. The number of aryl methyl sites for hydroxylation is 1. The highest BCUT2D eigenvalue weighted by atomic mass is 35.5. The molecule has 0 atom stereocenters. The number of hydrogen-bond acceptors (Lipinski definition) is 6. The number of rotatable bonds is 4. The van der Waals surface area contributed by atoms with Gasteiger partial charge in [0, 0.05) is 11.8 Å². The SMILES string of the molecule is COC(=O)c1ccc(-c2nn(C(=O)c3c(C)cccc3Cl)c3cc(C(=O)O)cnc23)c(F)c1. The number of pyridine rings is 1. The van der Waals surface area contributed by atoms with Gasteiger partial charge in [0.05, 0.1) is 34.3 Å². The van der Waals surface area contributed by atoms with Gasteiger partial charge in [0.1, 0.15) is 17.0 Å². The molecule has 0 amide bonds. The molecule has 4 rings (SSSR count). The van der Waals surface area contributed by atoms with Gasteiger partial charge < -0.3 is 9.84 Å². The first-order valence-corrected chi connectivity index (χ1v) is 9.90. The fourth-order valence-corrected chi connectivity index (χ4v) is 3.71. The maximum absolute atomic E-state index is 14.9. The number of benzene rings is 2. The second kappa shape index (κ2) is 8.44. The van der Waals surface area contributed by atoms with E-state index in [1.54, 1.807) is 25.1 Å². The zero-order valence-electron chi connectivity index (χ0n) is 17.3. The van der Waals surface area contributed by atoms with Crippen LogP contribution in [0.15, 0.2) is 48.7 Å². The Morgan fingerprint density at radius 2 is 1.88 bits per heavy atom. The number of hydrogen-bond donors (Lipinski definition) is 1. The first kappa shape index (κ1) is 22.1. The summed E-state index contributed by atoms with van der Waals surface area (Å²) in [6, 6.07) is 9.79. The van der Waals surface area contributed by atoms with Gasteiger partial charge in [0.2, 0.25) is 0 Å². The van der Waals surface area contributed by atoms with E-state index in [-0.39, 0.29) is 44.0 Å². The third kappa shape index (κ3) is 3.83. The molecule has 8 nitrogen and oxygen atoms in total. The van der Waals surface area contributed by atoms with Crippen molar-refractivity contribution in [3.05, 3.63) is 81.8 Å². The summed E-state index contributed by atoms with van der Waals surface area (Å²) < 4.78 is 20.5. The second-order valence-corrected chi connectivity index (χ2v) is 7.49. The molecule has 166 valence electrons. The monoisotopic (exact) mass is 467 g/mol. The number of methoxy groups -OCH3 is 1. The molecule has 2 aromatic heterocycles. The minimum absolute atomic E-state index is 0.00564. The van der Waals surface area contributed by atoms with E-state index in [0.29, 0.717) is 5.56 Å². The maximum atomic E-state index is 14.9. The number of fused-ring (bicyclic) bond motifs is 1. The molecule has 33 heavy (non-hydrogen) atoms. The number of aromatic nitrogens is 3. The first-order valence-electron chi connectivity index (χ1n) is 9.53. The van der Waals surface area contributed by atoms with E-state index in [0.717, 1.165) is 16.9 Å². The standard InChI is InChI=1S/C23H15ClFN3O5/c1-11-4-3-5-15(24)18(11)21(29)28-17-9-13(22(30)31)10-26-20(17)19(27-28)14-7-6-12(8-16(14)25)23(32)33-2/h3-10H,1-2H3,(H,30,31). The predicted molar refractivity (Wildman–Crippen MR) is 117 cm³/mol. The highest BCUT2D eigenvalue weighted by Crippen LogP contribution is 2.31. The lowest BCUT2D eigenvalue weighted by Gasteiger charge is -2.08. The molecule has 0 aliphatic rings. The Balaban J connectivity index is 1.97. The second-order valence-electron chi connectivity index (χ2n) is 7.08. The van der Waals surface area contributed by atoms with E-state index in [1.165, 1.54) is 25.3 Å². The van der Waals surface area contributed by atoms with Crippen molar-refractivity contribution in [2.45, 2.75) is 6.92 Å². The summed E-state index contributed by atoms with van der Waals surface area (Å²) in [5.74, 6) is -3.40. The molecule has 4 aromatic rings. The zero-order chi connectivity index (χ0) is 23.9. The van der Waals surface area contributed by atoms with Crippen molar-refractivity contribution in [3.8, 4) is 11.3 Å². The molecule has 1 N–H and O–H groups in total. The van der Waals surface area contributed by atoms with Crippen LogP contribution in [0.3, 0.4) is 0 Å². The van der Waals surface area contributed by atoms with Gasteiger partial charge in [-0.3, -0.25) is 9.78 Å². The number of carboxylic acid groups (broad SMARTS) is 1. The Hall–Kier alpha value is -4.11. The number of carbonyl (C=O) groups is 3. The van der Waals surface area contributed by atoms with Crippen LogP contribution in [0.4, 0.5) is 4.39 Å². The van der Waals surface area contributed by atoms with E-state index in [4.69, 9.17) is 11.6 Å². The van der Waals surface area contributed by atoms with Crippen LogP contribution in [-0.4, -0.2) is 44.8 Å². The maximum Gasteiger partial charge on any atom is 0.337 e. The summed E-state index contributed by atoms with van der Waals surface area (Å²) >= 11 is 6.24. The van der Waals surface area contributed by atoms with Crippen LogP contribution in [0.5, 0.6) is 0 Å². The topological polar surface area (TPSA) is 111 Å². The molecule has 0 aliphatic carbocycles. The van der Waals surface area contributed by atoms with Crippen LogP contribution in [0.2, 0.25) is 5.02 Å². The van der Waals surface area contributed by atoms with Crippen molar-refractivity contribution >= 4 is 40.5 Å². The van der Waals surface area contributed by atoms with Gasteiger partial charge >= 0.3 is 11.9 Å². The lowest BCUT2D eigenvalue weighted by atomic mass is 10.1. The summed E-state index contributed by atoms with van der Waals surface area (Å²) in [6.45, 7) is 1.69. The number of aromatic carboxylic acids is 1. The van der Waals surface area contributed by atoms with Crippen molar-refractivity contribution in [1.82, 2.24) is 14.8 Å². The highest BCUT2D eigenvalue weighted by molar-refractivity contribution is 6.34. The van der Waals surface area contributed by atoms with Crippen molar-refractivity contribution in [1.29, 1.82) is 0 Å². The number of carboxylic acids is 1. The van der Waals surface area contributed by atoms with Crippen molar-refractivity contribution in [2.75, 3.05) is 7.11 Å². The summed E-state index contributed by atoms with van der Waals surface area (Å²) in [4.78, 5) is 40.7. The molecule has 0 unspecified atom stereocenters. The summed E-state index contributed by atoms with van der Waals surface area (Å²) in [7, 11) is 1.18. The van der Waals surface area contributed by atoms with Gasteiger partial charge in [0.25, 0.3) is 5.91 Å². The Bertz CT molecular complexity index is 1440. The first-order chi connectivity index (χ1) is 15.7. The number of esters is 1. The van der Waals surface area contributed by atoms with E-state index in [2.05, 4.69) is 14.8 Å². The van der Waals surface area contributed by atoms with Gasteiger partial charge in [-0.25, -0.2) is 14.0 Å². The van der Waals surface area contributed by atoms with E-state index in [9.17, 15) is 23.9 Å². The molecule has 0 bridgehead atoms. The average Bonchev–Trinajstić information content (AvgIpc) is 3.16. The van der Waals surface area contributed by atoms with Gasteiger partial charge in [-0.2, -0.15) is 9.78 Å². The lowest BCUT2D eigenvalue weighted by molar-refractivity contribution is 0.0599. The van der Waals surface area contributed by atoms with Crippen LogP contribution >= 0.6 is 11.6 Å². The summed E-state index contributed by atoms with van der Waals surface area (Å²) in [5, 5.41) is 13.8. The normalized spacial score (nSPS) is 10.9. The third-order valence-corrected chi connectivity index (χ3v) is 5.36. The van der Waals surface area contributed by atoms with E-state index < -0.39 is 23.7 Å². The molecule has 0 aliphatic heterocycles. The minimum Gasteiger partial charge on any atom is -0.478 e. The molecular formula is C23H15ClFN3O5. The lowest BCUT2D eigenvalue weighted by Crippen LogP contribution is -2.16. The Kier molecular flexibility index (Phi) is 5.65. The molecule has 0 saturated heterocycles. The number of ether oxygens (including phenoxy) is 1. The van der Waals surface area contributed by atoms with Crippen molar-refractivity contribution in [2.24, 2.45) is 0 Å². The summed E-state index contributed by atoms with van der Waals surface area (Å²) in [5.41, 5.74) is 0.672. The molecular weight excluding hydrogens is 453 g/mol. The zero-order valence-corrected chi connectivity index (χ0v) is 18.1. The quantitative estimate of drug-likeness (QED) is 0.443. The molecule has 0 spiro atoms. The van der Waals surface area contributed by atoms with Gasteiger partial charge in [-0.15, -0.1) is 0 Å². The average molecular weight is 468 g/mol. The van der Waals surface area contributed by atoms with Crippen LogP contribution in [0, 0.1) is 12.7 Å². The molecule has 10 heteroatoms. The largest absolute Gasteiger partial charge is 0.478 e. The van der Waals surface area contributed by atoms with Gasteiger partial charge in [-0.1, -0.05) is 23.7 Å². The third-order valence-electron chi connectivity index (χ3n) is 5.04. The van der Waals surface area contributed by atoms with E-state index in [1.807, 2.05) is 0 Å². The van der Waals surface area contributed by atoms with Crippen LogP contribution in [0.1, 0.15) is 36.6 Å². The Morgan fingerprint density at radius 1 is 1.12 bits per heavy atom. The predicted octanol–water partition coefficient (Wildman–Crippen LogP) is 4.37. The van der Waals surface area contributed by atoms with Gasteiger partial charge in [0.15, 0.2) is 0 Å². The molecule has 2 aromatic carbocycles. The number of carbonyl (C=O) groups excluding carboxylic acids is 2. The minimum atomic E-state index is -1.26. The van der Waals surface area contributed by atoms with Crippen molar-refractivity contribution in [3.63, 3.8) is 0 Å². The Labute approximate surface area is 191 Å². The highest BCUT2D eigenvalue weighted by Gasteiger charge is 2.25. The van der Waals surface area contributed by atoms with Gasteiger partial charge in [-0.05, 0) is 42.8 Å². The molecule has 2 heterocycles. The smallest absolute Gasteiger partial charge is 0.337 e. The molecule has 0 saturated carbocycles. The van der Waals surface area contributed by atoms with Crippen LogP contribution < -0.4 is 0 Å². The van der Waals surface area contributed by atoms with Crippen LogP contribution in [0.25, 0.3) is 22.3 Å². The van der Waals surface area contributed by atoms with Crippen molar-refractivity contribution < 1.29 is 28.6 Å². The van der Waals surface area contributed by atoms with Crippen LogP contribution in [-0.2, 0) is 4.74 Å². The fourth-order valence-electron chi connectivity index (χ4n) is 3.41. The Morgan fingerprint density at radius 3 is 2.52 bits per heavy atom. The fraction of sp³-hybridized carbons (Fsp3) is 0.0870. The number of nitrogens with zero attached hydrogens (tertiary/aromatic N) is 3. The number of halogens is 2. The summed E-state index contributed by atoms with van der Waals surface area (Å²) in [6.07, 6.45) is 1.09.